The number of hydrogen-bond donors (Lipinski definition) is 0. The molecule has 0 radical (unpaired) electrons. The summed E-state index contributed by atoms with van der Waals surface area (Å²) >= 11 is 0. The number of oxazole rings is 1. The lowest BCUT2D eigenvalue weighted by Gasteiger charge is -1.96. The Morgan fingerprint density at radius 2 is 2.00 bits per heavy atom. The van der Waals surface area contributed by atoms with E-state index in [1.807, 2.05) is 24.3 Å². The largest absolute Gasteiger partial charge is 0.456 e. The van der Waals surface area contributed by atoms with Crippen LogP contribution in [-0.4, -0.2) is 4.98 Å². The van der Waals surface area contributed by atoms with E-state index in [2.05, 4.69) is 24.0 Å². The van der Waals surface area contributed by atoms with Crippen LogP contribution < -0.4 is 0 Å². The molecule has 0 aliphatic heterocycles. The monoisotopic (exact) mass is 249 g/mol. The van der Waals surface area contributed by atoms with Crippen LogP contribution in [-0.2, 0) is 0 Å². The lowest BCUT2D eigenvalue weighted by molar-refractivity contribution is 0.574. The molecule has 0 unspecified atom stereocenters. The minimum absolute atomic E-state index is 0.610. The summed E-state index contributed by atoms with van der Waals surface area (Å²) in [5, 5.41) is 2.31. The Hall–Kier alpha value is -2.55. The molecule has 4 aromatic rings. The van der Waals surface area contributed by atoms with E-state index < -0.39 is 0 Å². The molecule has 92 valence electrons. The molecule has 0 fully saturated rings. The van der Waals surface area contributed by atoms with Gasteiger partial charge in [0.25, 0.3) is 0 Å². The van der Waals surface area contributed by atoms with Crippen LogP contribution in [0.4, 0.5) is 0 Å². The Bertz CT molecular complexity index is 872. The average Bonchev–Trinajstić information content (AvgIpc) is 3.05. The smallest absolute Gasteiger partial charge is 0.225 e. The zero-order valence-electron chi connectivity index (χ0n) is 10.4. The number of aryl methyl sites for hydroxylation is 1. The number of furan rings is 1. The van der Waals surface area contributed by atoms with Gasteiger partial charge in [-0.25, -0.2) is 4.98 Å². The first-order chi connectivity index (χ1) is 9.33. The molecule has 0 bridgehead atoms. The van der Waals surface area contributed by atoms with Gasteiger partial charge in [0.1, 0.15) is 17.4 Å². The van der Waals surface area contributed by atoms with Crippen molar-refractivity contribution in [1.82, 2.24) is 4.98 Å². The Morgan fingerprint density at radius 1 is 1.05 bits per heavy atom. The van der Waals surface area contributed by atoms with Crippen molar-refractivity contribution in [3.05, 3.63) is 54.4 Å². The van der Waals surface area contributed by atoms with Crippen molar-refractivity contribution in [2.24, 2.45) is 0 Å². The summed E-state index contributed by atoms with van der Waals surface area (Å²) in [5.74, 6) is 0.610. The molecule has 0 spiro atoms. The first kappa shape index (κ1) is 10.4. The third-order valence-corrected chi connectivity index (χ3v) is 3.38. The molecule has 4 rings (SSSR count). The molecule has 0 saturated heterocycles. The van der Waals surface area contributed by atoms with Crippen LogP contribution in [0.3, 0.4) is 0 Å². The van der Waals surface area contributed by atoms with Gasteiger partial charge >= 0.3 is 0 Å². The van der Waals surface area contributed by atoms with Gasteiger partial charge in [-0.05, 0) is 36.8 Å². The van der Waals surface area contributed by atoms with Gasteiger partial charge < -0.3 is 8.83 Å². The van der Waals surface area contributed by atoms with Crippen molar-refractivity contribution in [3.8, 4) is 11.5 Å². The van der Waals surface area contributed by atoms with Crippen LogP contribution in [0, 0.1) is 6.92 Å². The third-order valence-electron chi connectivity index (χ3n) is 3.38. The van der Waals surface area contributed by atoms with Gasteiger partial charge in [-0.1, -0.05) is 12.1 Å². The molecule has 19 heavy (non-hydrogen) atoms. The Kier molecular flexibility index (Phi) is 2.03. The van der Waals surface area contributed by atoms with Crippen molar-refractivity contribution in [1.29, 1.82) is 0 Å². The molecule has 0 aliphatic carbocycles. The standard InChI is InChI=1S/C16H11NO2/c1-10-3-2-4-13-15(10)12-6-5-11(9-14(12)19-13)16-17-7-8-18-16/h2-9H,1H3. The highest BCUT2D eigenvalue weighted by atomic mass is 16.3. The Labute approximate surface area is 109 Å². The Morgan fingerprint density at radius 3 is 2.84 bits per heavy atom. The lowest BCUT2D eigenvalue weighted by atomic mass is 10.1. The zero-order valence-corrected chi connectivity index (χ0v) is 10.4. The molecular weight excluding hydrogens is 238 g/mol. The molecule has 2 aromatic heterocycles. The number of fused-ring (bicyclic) bond motifs is 3. The van der Waals surface area contributed by atoms with E-state index in [1.54, 1.807) is 12.5 Å². The van der Waals surface area contributed by atoms with Gasteiger partial charge in [-0.15, -0.1) is 0 Å². The number of benzene rings is 2. The summed E-state index contributed by atoms with van der Waals surface area (Å²) in [6, 6.07) is 12.1. The summed E-state index contributed by atoms with van der Waals surface area (Å²) in [5.41, 5.74) is 3.92. The van der Waals surface area contributed by atoms with Gasteiger partial charge in [0.15, 0.2) is 0 Å². The molecule has 0 amide bonds. The fourth-order valence-corrected chi connectivity index (χ4v) is 2.50. The molecule has 3 nitrogen and oxygen atoms in total. The van der Waals surface area contributed by atoms with Crippen LogP contribution >= 0.6 is 0 Å². The fourth-order valence-electron chi connectivity index (χ4n) is 2.50. The summed E-state index contributed by atoms with van der Waals surface area (Å²) in [4.78, 5) is 4.16. The predicted molar refractivity (Wildman–Crippen MR) is 74.0 cm³/mol. The van der Waals surface area contributed by atoms with Crippen LogP contribution in [0.5, 0.6) is 0 Å². The van der Waals surface area contributed by atoms with Crippen molar-refractivity contribution in [3.63, 3.8) is 0 Å². The van der Waals surface area contributed by atoms with Crippen LogP contribution in [0.25, 0.3) is 33.4 Å². The topological polar surface area (TPSA) is 39.2 Å². The summed E-state index contributed by atoms with van der Waals surface area (Å²) in [6.07, 6.45) is 3.21. The molecule has 0 saturated carbocycles. The minimum atomic E-state index is 0.610. The quantitative estimate of drug-likeness (QED) is 0.496. The summed E-state index contributed by atoms with van der Waals surface area (Å²) in [7, 11) is 0. The second kappa shape index (κ2) is 3.72. The zero-order chi connectivity index (χ0) is 12.8. The molecule has 2 aromatic carbocycles. The lowest BCUT2D eigenvalue weighted by Crippen LogP contribution is -1.77. The molecule has 3 heteroatoms. The SMILES string of the molecule is Cc1cccc2oc3cc(-c4ncco4)ccc3c12. The second-order valence-corrected chi connectivity index (χ2v) is 4.60. The van der Waals surface area contributed by atoms with Crippen molar-refractivity contribution in [2.75, 3.05) is 0 Å². The minimum Gasteiger partial charge on any atom is -0.456 e. The van der Waals surface area contributed by atoms with Gasteiger partial charge in [0, 0.05) is 16.3 Å². The van der Waals surface area contributed by atoms with Crippen molar-refractivity contribution in [2.45, 2.75) is 6.92 Å². The van der Waals surface area contributed by atoms with Crippen LogP contribution in [0.2, 0.25) is 0 Å². The van der Waals surface area contributed by atoms with Gasteiger partial charge in [-0.3, -0.25) is 0 Å². The molecule has 0 aliphatic rings. The third kappa shape index (κ3) is 1.48. The highest BCUT2D eigenvalue weighted by molar-refractivity contribution is 6.07. The normalized spacial score (nSPS) is 11.4. The molecular formula is C16H11NO2. The average molecular weight is 249 g/mol. The number of rotatable bonds is 1. The molecule has 0 N–H and O–H groups in total. The highest BCUT2D eigenvalue weighted by Gasteiger charge is 2.11. The van der Waals surface area contributed by atoms with Crippen molar-refractivity contribution >= 4 is 21.9 Å². The second-order valence-electron chi connectivity index (χ2n) is 4.60. The maximum Gasteiger partial charge on any atom is 0.225 e. The van der Waals surface area contributed by atoms with Gasteiger partial charge in [-0.2, -0.15) is 0 Å². The van der Waals surface area contributed by atoms with E-state index in [1.165, 1.54) is 10.9 Å². The van der Waals surface area contributed by atoms with Gasteiger partial charge in [0.2, 0.25) is 5.89 Å². The van der Waals surface area contributed by atoms with Gasteiger partial charge in [0.05, 0.1) is 6.20 Å². The maximum atomic E-state index is 5.90. The number of nitrogens with zero attached hydrogens (tertiary/aromatic N) is 1. The van der Waals surface area contributed by atoms with E-state index in [-0.39, 0.29) is 0 Å². The first-order valence-electron chi connectivity index (χ1n) is 6.15. The Balaban J connectivity index is 2.05. The molecule has 2 heterocycles. The molecule has 0 atom stereocenters. The van der Waals surface area contributed by atoms with E-state index in [0.717, 1.165) is 22.1 Å². The van der Waals surface area contributed by atoms with Crippen molar-refractivity contribution < 1.29 is 8.83 Å². The summed E-state index contributed by atoms with van der Waals surface area (Å²) < 4.78 is 11.2. The maximum absolute atomic E-state index is 5.90. The van der Waals surface area contributed by atoms with Crippen LogP contribution in [0.1, 0.15) is 5.56 Å². The number of aromatic nitrogens is 1. The van der Waals surface area contributed by atoms with E-state index in [9.17, 15) is 0 Å². The van der Waals surface area contributed by atoms with E-state index >= 15 is 0 Å². The predicted octanol–water partition coefficient (Wildman–Crippen LogP) is 4.55. The summed E-state index contributed by atoms with van der Waals surface area (Å²) in [6.45, 7) is 2.10. The first-order valence-corrected chi connectivity index (χ1v) is 6.15. The van der Waals surface area contributed by atoms with E-state index in [0.29, 0.717) is 5.89 Å². The highest BCUT2D eigenvalue weighted by Crippen LogP contribution is 2.33. The fraction of sp³-hybridized carbons (Fsp3) is 0.0625. The van der Waals surface area contributed by atoms with E-state index in [4.69, 9.17) is 8.83 Å². The number of hydrogen-bond acceptors (Lipinski definition) is 3. The van der Waals surface area contributed by atoms with Crippen LogP contribution in [0.15, 0.2) is 57.7 Å².